The van der Waals surface area contributed by atoms with Gasteiger partial charge in [-0.25, -0.2) is 9.97 Å². The lowest BCUT2D eigenvalue weighted by Crippen LogP contribution is -2.10. The van der Waals surface area contributed by atoms with Crippen molar-refractivity contribution in [1.29, 1.82) is 0 Å². The molecule has 5 aromatic rings. The maximum absolute atomic E-state index is 11.5. The third-order valence-corrected chi connectivity index (χ3v) is 9.79. The lowest BCUT2D eigenvalue weighted by Gasteiger charge is -2.19. The Morgan fingerprint density at radius 2 is 1.08 bits per heavy atom. The van der Waals surface area contributed by atoms with E-state index in [1.165, 1.54) is 88.2 Å². The van der Waals surface area contributed by atoms with Crippen LogP contribution in [-0.2, 0) is 24.7 Å². The molecular formula is C44H57N3O2. The van der Waals surface area contributed by atoms with Gasteiger partial charge in [-0.3, -0.25) is 4.40 Å². The highest BCUT2D eigenvalue weighted by Crippen LogP contribution is 2.30. The van der Waals surface area contributed by atoms with Crippen LogP contribution < -0.4 is 0 Å². The summed E-state index contributed by atoms with van der Waals surface area (Å²) in [5, 5.41) is 21.3. The summed E-state index contributed by atoms with van der Waals surface area (Å²) in [5.41, 5.74) is 8.67. The number of aromatic nitrogens is 3. The Morgan fingerprint density at radius 1 is 0.571 bits per heavy atom. The molecule has 0 saturated carbocycles. The van der Waals surface area contributed by atoms with E-state index in [4.69, 9.17) is 9.97 Å². The largest absolute Gasteiger partial charge is 0.508 e. The van der Waals surface area contributed by atoms with Crippen LogP contribution in [0.15, 0.2) is 79.0 Å². The van der Waals surface area contributed by atoms with Gasteiger partial charge >= 0.3 is 0 Å². The Morgan fingerprint density at radius 3 is 1.65 bits per heavy atom. The van der Waals surface area contributed by atoms with Crippen LogP contribution in [-0.4, -0.2) is 24.6 Å². The summed E-state index contributed by atoms with van der Waals surface area (Å²) in [6, 6.07) is 24.5. The number of aryl methyl sites for hydroxylation is 1. The monoisotopic (exact) mass is 659 g/mol. The minimum atomic E-state index is 0.0576. The molecule has 2 heterocycles. The highest BCUT2D eigenvalue weighted by molar-refractivity contribution is 5.64. The second-order valence-corrected chi connectivity index (χ2v) is 15.0. The van der Waals surface area contributed by atoms with E-state index in [1.54, 1.807) is 16.5 Å². The molecular weight excluding hydrogens is 603 g/mol. The first-order valence-corrected chi connectivity index (χ1v) is 18.8. The molecule has 5 rings (SSSR count). The van der Waals surface area contributed by atoms with Crippen LogP contribution in [0.4, 0.5) is 0 Å². The molecule has 2 aromatic heterocycles. The van der Waals surface area contributed by atoms with Crippen LogP contribution in [0.2, 0.25) is 0 Å². The fourth-order valence-corrected chi connectivity index (χ4v) is 6.66. The molecule has 260 valence electrons. The SMILES string of the molecule is CCCCCCCCCCCCCCc1ccc(Cc2nc3c(Cc4ccc(O)cc4)nc(-c4ccc(C(C)(C)C)cc4)cn3c2O)cc1. The summed E-state index contributed by atoms with van der Waals surface area (Å²) in [4.78, 5) is 10.0. The maximum atomic E-state index is 11.5. The van der Waals surface area contributed by atoms with Crippen molar-refractivity contribution in [3.8, 4) is 22.9 Å². The topological polar surface area (TPSA) is 70.7 Å². The molecule has 0 fully saturated rings. The summed E-state index contributed by atoms with van der Waals surface area (Å²) < 4.78 is 1.78. The van der Waals surface area contributed by atoms with Crippen molar-refractivity contribution in [2.24, 2.45) is 0 Å². The number of unbranched alkanes of at least 4 members (excludes halogenated alkanes) is 11. The fraction of sp³-hybridized carbons (Fsp3) is 0.455. The number of phenols is 1. The van der Waals surface area contributed by atoms with Crippen molar-refractivity contribution in [2.75, 3.05) is 0 Å². The fourth-order valence-electron chi connectivity index (χ4n) is 6.66. The molecule has 5 heteroatoms. The van der Waals surface area contributed by atoms with Crippen molar-refractivity contribution in [3.63, 3.8) is 0 Å². The standard InChI is InChI=1S/C44H57N3O2/c1-5-6-7-8-9-10-11-12-13-14-15-16-17-33-18-20-34(21-19-33)31-40-43(49)47-32-41(36-24-26-37(27-25-36)44(2,3)4)45-39(42(47)46-40)30-35-22-28-38(48)29-23-35/h18-29,32,48-49H,5-17,30-31H2,1-4H3. The van der Waals surface area contributed by atoms with Crippen LogP contribution in [0, 0.1) is 0 Å². The van der Waals surface area contributed by atoms with Crippen LogP contribution in [0.25, 0.3) is 16.9 Å². The molecule has 5 nitrogen and oxygen atoms in total. The first-order valence-electron chi connectivity index (χ1n) is 18.8. The molecule has 2 N–H and O–H groups in total. The van der Waals surface area contributed by atoms with E-state index in [0.717, 1.165) is 34.5 Å². The Bertz CT molecular complexity index is 1730. The Labute approximate surface area is 294 Å². The summed E-state index contributed by atoms with van der Waals surface area (Å²) in [5.74, 6) is 0.382. The minimum Gasteiger partial charge on any atom is -0.508 e. The van der Waals surface area contributed by atoms with Crippen molar-refractivity contribution >= 4 is 5.65 Å². The summed E-state index contributed by atoms with van der Waals surface area (Å²) in [6.07, 6.45) is 20.5. The third-order valence-electron chi connectivity index (χ3n) is 9.79. The number of hydrogen-bond acceptors (Lipinski definition) is 4. The number of nitrogens with zero attached hydrogens (tertiary/aromatic N) is 3. The summed E-state index contributed by atoms with van der Waals surface area (Å²) >= 11 is 0. The van der Waals surface area contributed by atoms with E-state index in [2.05, 4.69) is 76.2 Å². The molecule has 49 heavy (non-hydrogen) atoms. The van der Waals surface area contributed by atoms with Gasteiger partial charge in [-0.05, 0) is 52.6 Å². The molecule has 0 aliphatic heterocycles. The second kappa shape index (κ2) is 17.5. The summed E-state index contributed by atoms with van der Waals surface area (Å²) in [7, 11) is 0. The number of benzene rings is 3. The molecule has 0 spiro atoms. The molecule has 0 aliphatic rings. The van der Waals surface area contributed by atoms with Gasteiger partial charge in [0, 0.05) is 24.6 Å². The van der Waals surface area contributed by atoms with Gasteiger partial charge in [0.2, 0.25) is 5.88 Å². The van der Waals surface area contributed by atoms with Gasteiger partial charge in [0.1, 0.15) is 11.4 Å². The highest BCUT2D eigenvalue weighted by atomic mass is 16.3. The van der Waals surface area contributed by atoms with Gasteiger partial charge in [0.25, 0.3) is 0 Å². The second-order valence-electron chi connectivity index (χ2n) is 15.0. The van der Waals surface area contributed by atoms with Crippen LogP contribution >= 0.6 is 0 Å². The zero-order chi connectivity index (χ0) is 34.6. The smallest absolute Gasteiger partial charge is 0.219 e. The van der Waals surface area contributed by atoms with Gasteiger partial charge in [0.05, 0.1) is 11.4 Å². The quantitative estimate of drug-likeness (QED) is 0.0918. The van der Waals surface area contributed by atoms with Crippen molar-refractivity contribution in [1.82, 2.24) is 14.4 Å². The normalized spacial score (nSPS) is 11.8. The molecule has 3 aromatic carbocycles. The van der Waals surface area contributed by atoms with Crippen LogP contribution in [0.3, 0.4) is 0 Å². The zero-order valence-corrected chi connectivity index (χ0v) is 30.3. The zero-order valence-electron chi connectivity index (χ0n) is 30.3. The van der Waals surface area contributed by atoms with Crippen molar-refractivity contribution in [3.05, 3.63) is 113 Å². The van der Waals surface area contributed by atoms with E-state index < -0.39 is 0 Å². The van der Waals surface area contributed by atoms with E-state index >= 15 is 0 Å². The highest BCUT2D eigenvalue weighted by Gasteiger charge is 2.19. The molecule has 0 radical (unpaired) electrons. The number of fused-ring (bicyclic) bond motifs is 1. The van der Waals surface area contributed by atoms with Crippen LogP contribution in [0.5, 0.6) is 11.6 Å². The van der Waals surface area contributed by atoms with Gasteiger partial charge in [0.15, 0.2) is 5.65 Å². The van der Waals surface area contributed by atoms with Crippen molar-refractivity contribution in [2.45, 2.75) is 129 Å². The summed E-state index contributed by atoms with van der Waals surface area (Å²) in [6.45, 7) is 8.91. The molecule has 0 aliphatic carbocycles. The molecule has 0 amide bonds. The predicted octanol–water partition coefficient (Wildman–Crippen LogP) is 11.5. The van der Waals surface area contributed by atoms with Gasteiger partial charge in [-0.1, -0.05) is 159 Å². The Hall–Kier alpha value is -4.12. The molecule has 0 bridgehead atoms. The third kappa shape index (κ3) is 10.4. The lowest BCUT2D eigenvalue weighted by atomic mass is 9.86. The van der Waals surface area contributed by atoms with E-state index in [0.29, 0.717) is 24.2 Å². The number of aromatic hydroxyl groups is 2. The molecule has 0 unspecified atom stereocenters. The molecule has 0 saturated heterocycles. The number of hydrogen-bond donors (Lipinski definition) is 2. The predicted molar refractivity (Wildman–Crippen MR) is 204 cm³/mol. The van der Waals surface area contributed by atoms with Crippen molar-refractivity contribution < 1.29 is 10.2 Å². The average Bonchev–Trinajstić information content (AvgIpc) is 3.41. The average molecular weight is 660 g/mol. The van der Waals surface area contributed by atoms with E-state index in [-0.39, 0.29) is 17.0 Å². The minimum absolute atomic E-state index is 0.0576. The Balaban J connectivity index is 1.22. The number of rotatable bonds is 18. The lowest BCUT2D eigenvalue weighted by molar-refractivity contribution is 0.442. The first-order chi connectivity index (χ1) is 23.7. The molecule has 0 atom stereocenters. The number of imidazole rings is 1. The first kappa shape index (κ1) is 36.2. The van der Waals surface area contributed by atoms with Gasteiger partial charge < -0.3 is 10.2 Å². The maximum Gasteiger partial charge on any atom is 0.219 e. The van der Waals surface area contributed by atoms with Gasteiger partial charge in [-0.15, -0.1) is 0 Å². The number of phenolic OH excluding ortho intramolecular Hbond substituents is 1. The van der Waals surface area contributed by atoms with E-state index in [9.17, 15) is 10.2 Å². The Kier molecular flexibility index (Phi) is 12.9. The van der Waals surface area contributed by atoms with Crippen LogP contribution in [0.1, 0.15) is 138 Å². The van der Waals surface area contributed by atoms with Gasteiger partial charge in [-0.2, -0.15) is 0 Å². The van der Waals surface area contributed by atoms with E-state index in [1.807, 2.05) is 18.3 Å².